The highest BCUT2D eigenvalue weighted by molar-refractivity contribution is 7.89. The van der Waals surface area contributed by atoms with E-state index in [4.69, 9.17) is 11.6 Å². The van der Waals surface area contributed by atoms with Crippen LogP contribution in [0.25, 0.3) is 10.8 Å². The van der Waals surface area contributed by atoms with Crippen LogP contribution in [-0.2, 0) is 24.4 Å². The molecule has 176 valence electrons. The molecule has 2 saturated heterocycles. The van der Waals surface area contributed by atoms with Crippen molar-refractivity contribution < 1.29 is 22.8 Å². The highest BCUT2D eigenvalue weighted by Gasteiger charge is 2.40. The lowest BCUT2D eigenvalue weighted by molar-refractivity contribution is -0.143. The zero-order valence-electron chi connectivity index (χ0n) is 18.1. The number of nitrogens with one attached hydrogen (secondary N) is 2. The number of rotatable bonds is 5. The van der Waals surface area contributed by atoms with E-state index in [0.29, 0.717) is 30.0 Å². The number of likely N-dealkylation sites (tertiary alicyclic amines) is 1. The van der Waals surface area contributed by atoms with E-state index in [1.54, 1.807) is 36.1 Å². The number of carbonyl (C=O) groups is 3. The molecule has 2 heterocycles. The van der Waals surface area contributed by atoms with Gasteiger partial charge in [0.1, 0.15) is 12.1 Å². The van der Waals surface area contributed by atoms with Gasteiger partial charge in [-0.05, 0) is 48.4 Å². The van der Waals surface area contributed by atoms with Crippen LogP contribution in [0.5, 0.6) is 0 Å². The molecule has 0 unspecified atom stereocenters. The first-order chi connectivity index (χ1) is 15.7. The molecule has 2 aliphatic rings. The number of hydrogen-bond acceptors (Lipinski definition) is 5. The summed E-state index contributed by atoms with van der Waals surface area (Å²) in [6.07, 6.45) is 0.478. The van der Waals surface area contributed by atoms with Crippen molar-refractivity contribution in [2.75, 3.05) is 26.2 Å². The number of carbonyl (C=O) groups excluding carboxylic acids is 3. The highest BCUT2D eigenvalue weighted by atomic mass is 35.5. The third-order valence-electron chi connectivity index (χ3n) is 6.07. The predicted octanol–water partition coefficient (Wildman–Crippen LogP) is 1.11. The number of halogens is 1. The minimum atomic E-state index is -3.95. The van der Waals surface area contributed by atoms with Gasteiger partial charge in [-0.3, -0.25) is 14.4 Å². The SMILES string of the molecule is C[C@@H](C(=O)N1CCNC(=O)CC1)N1CC[C@H](NS(=O)(=O)c2ccc3cc(Cl)ccc3c2)C1=O. The monoisotopic (exact) mass is 492 g/mol. The molecule has 11 heteroatoms. The molecule has 2 atom stereocenters. The van der Waals surface area contributed by atoms with E-state index < -0.39 is 28.0 Å². The summed E-state index contributed by atoms with van der Waals surface area (Å²) in [5.41, 5.74) is 0. The second kappa shape index (κ2) is 9.28. The standard InChI is InChI=1S/C22H25ClN4O5S/c1-14(21(29)26-9-7-20(28)24-8-11-26)27-10-6-19(22(27)30)25-33(31,32)18-5-3-15-12-17(23)4-2-16(15)13-18/h2-5,12-14,19,25H,6-11H2,1H3,(H,24,28)/t14-,19-/m0/s1. The molecule has 9 nitrogen and oxygen atoms in total. The Labute approximate surface area is 197 Å². The minimum absolute atomic E-state index is 0.0504. The van der Waals surface area contributed by atoms with Gasteiger partial charge in [0.2, 0.25) is 27.7 Å². The molecule has 2 aliphatic heterocycles. The fraction of sp³-hybridized carbons (Fsp3) is 0.409. The number of fused-ring (bicyclic) bond motifs is 1. The Bertz CT molecular complexity index is 1220. The lowest BCUT2D eigenvalue weighted by atomic mass is 10.1. The first kappa shape index (κ1) is 23.5. The average Bonchev–Trinajstić information content (AvgIpc) is 2.99. The van der Waals surface area contributed by atoms with E-state index in [2.05, 4.69) is 10.0 Å². The Hall–Kier alpha value is -2.69. The predicted molar refractivity (Wildman–Crippen MR) is 123 cm³/mol. The van der Waals surface area contributed by atoms with E-state index in [-0.39, 0.29) is 36.1 Å². The van der Waals surface area contributed by atoms with E-state index >= 15 is 0 Å². The van der Waals surface area contributed by atoms with Gasteiger partial charge in [-0.1, -0.05) is 23.7 Å². The minimum Gasteiger partial charge on any atom is -0.354 e. The fourth-order valence-electron chi connectivity index (χ4n) is 4.20. The van der Waals surface area contributed by atoms with Crippen molar-refractivity contribution in [1.29, 1.82) is 0 Å². The number of amides is 3. The largest absolute Gasteiger partial charge is 0.354 e. The number of sulfonamides is 1. The third-order valence-corrected chi connectivity index (χ3v) is 7.78. The molecule has 2 N–H and O–H groups in total. The molecule has 2 aromatic rings. The first-order valence-corrected chi connectivity index (χ1v) is 12.6. The summed E-state index contributed by atoms with van der Waals surface area (Å²) in [6.45, 7) is 2.93. The van der Waals surface area contributed by atoms with Gasteiger partial charge < -0.3 is 15.1 Å². The molecular formula is C22H25ClN4O5S. The first-order valence-electron chi connectivity index (χ1n) is 10.7. The third kappa shape index (κ3) is 4.97. The Morgan fingerprint density at radius 1 is 1.12 bits per heavy atom. The van der Waals surface area contributed by atoms with E-state index in [1.165, 1.54) is 17.0 Å². The quantitative estimate of drug-likeness (QED) is 0.648. The molecule has 0 aliphatic carbocycles. The van der Waals surface area contributed by atoms with Crippen LogP contribution < -0.4 is 10.0 Å². The Morgan fingerprint density at radius 2 is 1.85 bits per heavy atom. The van der Waals surface area contributed by atoms with Gasteiger partial charge in [0.15, 0.2) is 0 Å². The lowest BCUT2D eigenvalue weighted by Gasteiger charge is -2.29. The van der Waals surface area contributed by atoms with Crippen molar-refractivity contribution in [3.05, 3.63) is 41.4 Å². The summed E-state index contributed by atoms with van der Waals surface area (Å²) in [5, 5.41) is 4.79. The van der Waals surface area contributed by atoms with Crippen LogP contribution in [0.2, 0.25) is 5.02 Å². The van der Waals surface area contributed by atoms with Crippen molar-refractivity contribution in [3.63, 3.8) is 0 Å². The van der Waals surface area contributed by atoms with Gasteiger partial charge in [0.05, 0.1) is 4.90 Å². The van der Waals surface area contributed by atoms with Crippen molar-refractivity contribution in [1.82, 2.24) is 19.8 Å². The molecule has 33 heavy (non-hydrogen) atoms. The number of hydrogen-bond donors (Lipinski definition) is 2. The van der Waals surface area contributed by atoms with Crippen LogP contribution in [0.4, 0.5) is 0 Å². The molecule has 0 spiro atoms. The van der Waals surface area contributed by atoms with Crippen LogP contribution in [0.15, 0.2) is 41.3 Å². The van der Waals surface area contributed by atoms with Crippen LogP contribution in [0.3, 0.4) is 0 Å². The summed E-state index contributed by atoms with van der Waals surface area (Å²) in [6, 6.07) is 8.14. The van der Waals surface area contributed by atoms with E-state index in [0.717, 1.165) is 5.39 Å². The van der Waals surface area contributed by atoms with Crippen LogP contribution in [0, 0.1) is 0 Å². The maximum atomic E-state index is 13.0. The Kier molecular flexibility index (Phi) is 6.60. The zero-order chi connectivity index (χ0) is 23.8. The van der Waals surface area contributed by atoms with E-state index in [1.807, 2.05) is 0 Å². The lowest BCUT2D eigenvalue weighted by Crippen LogP contribution is -2.50. The molecule has 0 aromatic heterocycles. The molecule has 4 rings (SSSR count). The second-order valence-corrected chi connectivity index (χ2v) is 10.4. The van der Waals surface area contributed by atoms with Crippen molar-refractivity contribution in [2.24, 2.45) is 0 Å². The molecule has 3 amide bonds. The van der Waals surface area contributed by atoms with E-state index in [9.17, 15) is 22.8 Å². The normalized spacial score (nSPS) is 20.6. The summed E-state index contributed by atoms with van der Waals surface area (Å²) in [7, 11) is -3.95. The summed E-state index contributed by atoms with van der Waals surface area (Å²) in [5.74, 6) is -0.797. The number of benzene rings is 2. The van der Waals surface area contributed by atoms with Gasteiger partial charge in [-0.25, -0.2) is 8.42 Å². The smallest absolute Gasteiger partial charge is 0.245 e. The van der Waals surface area contributed by atoms with Gasteiger partial charge in [0, 0.05) is 37.6 Å². The van der Waals surface area contributed by atoms with Crippen LogP contribution >= 0.6 is 11.6 Å². The maximum Gasteiger partial charge on any atom is 0.245 e. The fourth-order valence-corrected chi connectivity index (χ4v) is 5.64. The van der Waals surface area contributed by atoms with Gasteiger partial charge in [-0.15, -0.1) is 0 Å². The Balaban J connectivity index is 1.44. The number of nitrogens with zero attached hydrogens (tertiary/aromatic N) is 2. The maximum absolute atomic E-state index is 13.0. The van der Waals surface area contributed by atoms with Crippen LogP contribution in [-0.4, -0.2) is 74.2 Å². The summed E-state index contributed by atoms with van der Waals surface area (Å²) < 4.78 is 28.4. The average molecular weight is 493 g/mol. The zero-order valence-corrected chi connectivity index (χ0v) is 19.7. The highest BCUT2D eigenvalue weighted by Crippen LogP contribution is 2.24. The second-order valence-electron chi connectivity index (χ2n) is 8.25. The van der Waals surface area contributed by atoms with Gasteiger partial charge >= 0.3 is 0 Å². The van der Waals surface area contributed by atoms with Gasteiger partial charge in [0.25, 0.3) is 0 Å². The molecule has 2 aromatic carbocycles. The molecular weight excluding hydrogens is 468 g/mol. The van der Waals surface area contributed by atoms with Crippen LogP contribution in [0.1, 0.15) is 19.8 Å². The molecule has 0 bridgehead atoms. The van der Waals surface area contributed by atoms with Crippen molar-refractivity contribution >= 4 is 50.1 Å². The summed E-state index contributed by atoms with van der Waals surface area (Å²) >= 11 is 5.99. The summed E-state index contributed by atoms with van der Waals surface area (Å²) in [4.78, 5) is 40.4. The van der Waals surface area contributed by atoms with Crippen molar-refractivity contribution in [2.45, 2.75) is 36.7 Å². The molecule has 0 radical (unpaired) electrons. The van der Waals surface area contributed by atoms with Crippen molar-refractivity contribution in [3.8, 4) is 0 Å². The Morgan fingerprint density at radius 3 is 2.64 bits per heavy atom. The topological polar surface area (TPSA) is 116 Å². The molecule has 0 saturated carbocycles. The molecule has 2 fully saturated rings. The van der Waals surface area contributed by atoms with Gasteiger partial charge in [-0.2, -0.15) is 4.72 Å².